The molecule has 0 spiro atoms. The van der Waals surface area contributed by atoms with Crippen LogP contribution < -0.4 is 5.32 Å². The van der Waals surface area contributed by atoms with Gasteiger partial charge in [0.15, 0.2) is 15.7 Å². The molecular formula is C16H21N3O4S2. The third-order valence-corrected chi connectivity index (χ3v) is 6.50. The van der Waals surface area contributed by atoms with E-state index in [2.05, 4.69) is 15.3 Å². The Morgan fingerprint density at radius 2 is 2.04 bits per heavy atom. The average molecular weight is 383 g/mol. The van der Waals surface area contributed by atoms with Gasteiger partial charge in [0.05, 0.1) is 10.8 Å². The highest BCUT2D eigenvalue weighted by Crippen LogP contribution is 2.43. The Balaban J connectivity index is 2.04. The number of nitrogens with zero attached hydrogens (tertiary/aromatic N) is 2. The maximum absolute atomic E-state index is 12.4. The molecule has 3 rings (SSSR count). The number of carbonyl (C=O) groups excluding carboxylic acids is 1. The van der Waals surface area contributed by atoms with Crippen molar-refractivity contribution >= 4 is 43.4 Å². The number of pyridine rings is 1. The second-order valence-electron chi connectivity index (χ2n) is 7.02. The fourth-order valence-electron chi connectivity index (χ4n) is 2.25. The molecule has 1 N–H and O–H groups in total. The molecule has 25 heavy (non-hydrogen) atoms. The number of sulfone groups is 1. The van der Waals surface area contributed by atoms with Crippen LogP contribution in [0.25, 0.3) is 10.3 Å². The smallest absolute Gasteiger partial charge is 0.413 e. The highest BCUT2D eigenvalue weighted by atomic mass is 32.2. The van der Waals surface area contributed by atoms with E-state index in [1.807, 2.05) is 0 Å². The zero-order valence-corrected chi connectivity index (χ0v) is 16.3. The Labute approximate surface area is 150 Å². The molecule has 0 unspecified atom stereocenters. The zero-order chi connectivity index (χ0) is 18.4. The predicted octanol–water partition coefficient (Wildman–Crippen LogP) is 3.71. The molecule has 1 aliphatic carbocycles. The van der Waals surface area contributed by atoms with Crippen molar-refractivity contribution in [3.05, 3.63) is 11.1 Å². The summed E-state index contributed by atoms with van der Waals surface area (Å²) in [6.07, 6.45) is 1.46. The van der Waals surface area contributed by atoms with E-state index in [0.717, 1.165) is 17.8 Å². The number of fused-ring (bicyclic) bond motifs is 1. The van der Waals surface area contributed by atoms with Gasteiger partial charge in [0.1, 0.15) is 20.8 Å². The SMILES string of the molecule is CCS(=O)(=O)c1cc2nc(C3CC3)sc2nc1NC(=O)OC(C)(C)C. The van der Waals surface area contributed by atoms with E-state index in [9.17, 15) is 13.2 Å². The van der Waals surface area contributed by atoms with E-state index in [1.54, 1.807) is 27.7 Å². The van der Waals surface area contributed by atoms with Gasteiger partial charge in [-0.2, -0.15) is 0 Å². The average Bonchev–Trinajstić information content (AvgIpc) is 3.25. The number of thiazole rings is 1. The molecule has 1 fully saturated rings. The third-order valence-electron chi connectivity index (χ3n) is 3.63. The van der Waals surface area contributed by atoms with Crippen LogP contribution in [0.1, 0.15) is 51.5 Å². The molecular weight excluding hydrogens is 362 g/mol. The van der Waals surface area contributed by atoms with Gasteiger partial charge in [-0.15, -0.1) is 0 Å². The lowest BCUT2D eigenvalue weighted by Crippen LogP contribution is -2.28. The van der Waals surface area contributed by atoms with E-state index in [-0.39, 0.29) is 16.5 Å². The Morgan fingerprint density at radius 1 is 1.36 bits per heavy atom. The van der Waals surface area contributed by atoms with Crippen molar-refractivity contribution in [3.63, 3.8) is 0 Å². The molecule has 0 saturated heterocycles. The largest absolute Gasteiger partial charge is 0.444 e. The molecule has 7 nitrogen and oxygen atoms in total. The summed E-state index contributed by atoms with van der Waals surface area (Å²) in [5.41, 5.74) is -0.143. The van der Waals surface area contributed by atoms with Crippen molar-refractivity contribution in [2.45, 2.75) is 57.0 Å². The number of ether oxygens (including phenoxy) is 1. The molecule has 9 heteroatoms. The fourth-order valence-corrected chi connectivity index (χ4v) is 4.34. The third kappa shape index (κ3) is 4.09. The molecule has 0 radical (unpaired) electrons. The highest BCUT2D eigenvalue weighted by Gasteiger charge is 2.29. The summed E-state index contributed by atoms with van der Waals surface area (Å²) >= 11 is 1.44. The van der Waals surface area contributed by atoms with Crippen molar-refractivity contribution in [2.75, 3.05) is 11.1 Å². The maximum atomic E-state index is 12.4. The Kier molecular flexibility index (Phi) is 4.48. The Bertz CT molecular complexity index is 925. The van der Waals surface area contributed by atoms with Gasteiger partial charge in [0.25, 0.3) is 0 Å². The minimum Gasteiger partial charge on any atom is -0.444 e. The second-order valence-corrected chi connectivity index (χ2v) is 10.3. The standard InChI is InChI=1S/C16H21N3O4S2/c1-5-25(21,22)11-8-10-14(24-13(17-10)9-6-7-9)18-12(11)19-15(20)23-16(2,3)4/h8-9H,5-7H2,1-4H3,(H,18,19,20). The van der Waals surface area contributed by atoms with E-state index in [4.69, 9.17) is 4.74 Å². The van der Waals surface area contributed by atoms with Gasteiger partial charge in [0.2, 0.25) is 0 Å². The highest BCUT2D eigenvalue weighted by molar-refractivity contribution is 7.91. The monoisotopic (exact) mass is 383 g/mol. The minimum atomic E-state index is -3.57. The number of amides is 1. The topological polar surface area (TPSA) is 98.3 Å². The first-order chi connectivity index (χ1) is 11.6. The van der Waals surface area contributed by atoms with Crippen LogP contribution in [0.2, 0.25) is 0 Å². The van der Waals surface area contributed by atoms with Gasteiger partial charge in [-0.25, -0.2) is 23.2 Å². The summed E-state index contributed by atoms with van der Waals surface area (Å²) in [5.74, 6) is 0.352. The maximum Gasteiger partial charge on any atom is 0.413 e. The van der Waals surface area contributed by atoms with Crippen LogP contribution >= 0.6 is 11.3 Å². The first kappa shape index (κ1) is 18.1. The van der Waals surface area contributed by atoms with Crippen LogP contribution in [-0.4, -0.2) is 35.8 Å². The lowest BCUT2D eigenvalue weighted by molar-refractivity contribution is 0.0635. The minimum absolute atomic E-state index is 0.00500. The Morgan fingerprint density at radius 3 is 2.60 bits per heavy atom. The van der Waals surface area contributed by atoms with Crippen LogP contribution in [0.3, 0.4) is 0 Å². The van der Waals surface area contributed by atoms with Crippen LogP contribution in [0.4, 0.5) is 10.6 Å². The quantitative estimate of drug-likeness (QED) is 0.864. The number of rotatable bonds is 4. The second kappa shape index (κ2) is 6.21. The number of aromatic nitrogens is 2. The lowest BCUT2D eigenvalue weighted by atomic mass is 10.2. The molecule has 0 atom stereocenters. The van der Waals surface area contributed by atoms with Crippen LogP contribution in [0.15, 0.2) is 11.0 Å². The van der Waals surface area contributed by atoms with Gasteiger partial charge in [-0.3, -0.25) is 5.32 Å². The van der Waals surface area contributed by atoms with Crippen LogP contribution in [0, 0.1) is 0 Å². The summed E-state index contributed by atoms with van der Waals surface area (Å²) in [4.78, 5) is 21.5. The molecule has 2 aromatic rings. The summed E-state index contributed by atoms with van der Waals surface area (Å²) in [5, 5.41) is 3.45. The van der Waals surface area contributed by atoms with Crippen molar-refractivity contribution in [3.8, 4) is 0 Å². The Hall–Kier alpha value is -1.74. The summed E-state index contributed by atoms with van der Waals surface area (Å²) in [6.45, 7) is 6.75. The summed E-state index contributed by atoms with van der Waals surface area (Å²) in [7, 11) is -3.57. The first-order valence-electron chi connectivity index (χ1n) is 8.13. The molecule has 1 saturated carbocycles. The molecule has 2 heterocycles. The fraction of sp³-hybridized carbons (Fsp3) is 0.562. The van der Waals surface area contributed by atoms with E-state index >= 15 is 0 Å². The van der Waals surface area contributed by atoms with Crippen molar-refractivity contribution in [1.29, 1.82) is 0 Å². The number of hydrogen-bond donors (Lipinski definition) is 1. The molecule has 0 bridgehead atoms. The number of carbonyl (C=O) groups is 1. The van der Waals surface area contributed by atoms with Crippen LogP contribution in [0.5, 0.6) is 0 Å². The van der Waals surface area contributed by atoms with Gasteiger partial charge in [-0.05, 0) is 39.7 Å². The van der Waals surface area contributed by atoms with Crippen molar-refractivity contribution in [1.82, 2.24) is 9.97 Å². The first-order valence-corrected chi connectivity index (χ1v) is 10.6. The molecule has 2 aromatic heterocycles. The van der Waals surface area contributed by atoms with E-state index in [1.165, 1.54) is 17.4 Å². The molecule has 1 aliphatic rings. The van der Waals surface area contributed by atoms with Crippen molar-refractivity contribution in [2.24, 2.45) is 0 Å². The molecule has 136 valence electrons. The number of anilines is 1. The summed E-state index contributed by atoms with van der Waals surface area (Å²) in [6, 6.07) is 1.50. The van der Waals surface area contributed by atoms with Gasteiger partial charge in [0, 0.05) is 5.92 Å². The van der Waals surface area contributed by atoms with E-state index < -0.39 is 21.5 Å². The zero-order valence-electron chi connectivity index (χ0n) is 14.6. The van der Waals surface area contributed by atoms with Crippen LogP contribution in [-0.2, 0) is 14.6 Å². The lowest BCUT2D eigenvalue weighted by Gasteiger charge is -2.20. The van der Waals surface area contributed by atoms with Crippen molar-refractivity contribution < 1.29 is 17.9 Å². The molecule has 0 aromatic carbocycles. The summed E-state index contributed by atoms with van der Waals surface area (Å²) < 4.78 is 30.1. The van der Waals surface area contributed by atoms with Gasteiger partial charge >= 0.3 is 6.09 Å². The molecule has 1 amide bonds. The predicted molar refractivity (Wildman–Crippen MR) is 97.0 cm³/mol. The van der Waals surface area contributed by atoms with E-state index in [0.29, 0.717) is 16.3 Å². The van der Waals surface area contributed by atoms with Gasteiger partial charge < -0.3 is 4.74 Å². The van der Waals surface area contributed by atoms with Gasteiger partial charge in [-0.1, -0.05) is 18.3 Å². The number of nitrogens with one attached hydrogen (secondary N) is 1. The number of hydrogen-bond acceptors (Lipinski definition) is 7. The molecule has 0 aliphatic heterocycles. The normalized spacial score (nSPS) is 15.4.